The number of rotatable bonds is 7. The van der Waals surface area contributed by atoms with Crippen molar-refractivity contribution in [2.45, 2.75) is 95.6 Å². The van der Waals surface area contributed by atoms with Gasteiger partial charge in [0.25, 0.3) is 5.91 Å². The molecule has 1 heterocycles. The summed E-state index contributed by atoms with van der Waals surface area (Å²) in [6.07, 6.45) is 15.5. The highest BCUT2D eigenvalue weighted by Gasteiger charge is 2.50. The second kappa shape index (κ2) is 11.3. The number of hydrogen-bond acceptors (Lipinski definition) is 4. The van der Waals surface area contributed by atoms with E-state index in [9.17, 15) is 14.0 Å². The number of nitrogens with one attached hydrogen (secondary N) is 1. The van der Waals surface area contributed by atoms with E-state index in [0.717, 1.165) is 62.5 Å². The molecule has 1 aromatic heterocycles. The molecule has 2 bridgehead atoms. The average Bonchev–Trinajstić information content (AvgIpc) is 3.61. The number of nitrogens with zero attached hydrogens (tertiary/aromatic N) is 2. The van der Waals surface area contributed by atoms with Gasteiger partial charge in [0.1, 0.15) is 5.82 Å². The summed E-state index contributed by atoms with van der Waals surface area (Å²) in [5, 5.41) is 8.33. The van der Waals surface area contributed by atoms with Crippen molar-refractivity contribution in [3.8, 4) is 0 Å². The third-order valence-electron chi connectivity index (χ3n) is 9.49. The summed E-state index contributed by atoms with van der Waals surface area (Å²) in [4.78, 5) is 26.8. The van der Waals surface area contributed by atoms with Crippen LogP contribution in [0, 0.1) is 23.6 Å². The summed E-state index contributed by atoms with van der Waals surface area (Å²) in [5.41, 5.74) is 3.75. The van der Waals surface area contributed by atoms with Crippen LogP contribution in [-0.4, -0.2) is 34.3 Å². The molecule has 1 N–H and O–H groups in total. The maximum Gasteiger partial charge on any atom is 0.311 e. The number of esters is 1. The summed E-state index contributed by atoms with van der Waals surface area (Å²) in [6, 6.07) is 6.93. The van der Waals surface area contributed by atoms with Crippen LogP contribution in [0.5, 0.6) is 0 Å². The van der Waals surface area contributed by atoms with E-state index in [0.29, 0.717) is 18.3 Å². The van der Waals surface area contributed by atoms with Crippen LogP contribution in [0.3, 0.4) is 0 Å². The van der Waals surface area contributed by atoms with E-state index in [-0.39, 0.29) is 47.4 Å². The Kier molecular flexibility index (Phi) is 7.59. The lowest BCUT2D eigenvalue weighted by Crippen LogP contribution is -2.46. The van der Waals surface area contributed by atoms with Crippen molar-refractivity contribution < 1.29 is 18.7 Å². The first-order chi connectivity index (χ1) is 19.0. The molecule has 0 spiro atoms. The Labute approximate surface area is 230 Å². The van der Waals surface area contributed by atoms with Crippen LogP contribution < -0.4 is 5.32 Å². The number of hydrogen-bond donors (Lipinski definition) is 1. The third-order valence-corrected chi connectivity index (χ3v) is 9.49. The Bertz CT molecular complexity index is 1250. The number of ether oxygens (including phenoxy) is 1. The van der Waals surface area contributed by atoms with E-state index in [2.05, 4.69) is 22.2 Å². The maximum atomic E-state index is 14.1. The standard InChI is InChI=1S/C32H40FN3O3/c1-2-39-32(38)27-21-15-16-22(19-21)28(27)34-31(37)29-26-14-7-6-10-23(17-20-9-8-11-24(33)18-20)30(26)36(35-29)25-12-4-3-5-13-25/h8-9,11,15-16,18,21-23,25,27-28H,2-7,10,12-14,17,19H2,1H3,(H,34,37)/t21?,22?,23?,27-,28+/m0/s1. The highest BCUT2D eigenvalue weighted by Crippen LogP contribution is 2.45. The van der Waals surface area contributed by atoms with Crippen molar-refractivity contribution in [1.29, 1.82) is 0 Å². The Morgan fingerprint density at radius 3 is 2.67 bits per heavy atom. The largest absolute Gasteiger partial charge is 0.466 e. The summed E-state index contributed by atoms with van der Waals surface area (Å²) < 4.78 is 21.7. The monoisotopic (exact) mass is 533 g/mol. The normalized spacial score (nSPS) is 28.2. The third kappa shape index (κ3) is 5.17. The molecular weight excluding hydrogens is 493 g/mol. The first kappa shape index (κ1) is 26.3. The van der Waals surface area contributed by atoms with Crippen molar-refractivity contribution in [2.75, 3.05) is 6.61 Å². The molecule has 0 aliphatic heterocycles. The van der Waals surface area contributed by atoms with Crippen molar-refractivity contribution in [1.82, 2.24) is 15.1 Å². The molecule has 6 rings (SSSR count). The Morgan fingerprint density at radius 1 is 1.08 bits per heavy atom. The lowest BCUT2D eigenvalue weighted by Gasteiger charge is -2.27. The summed E-state index contributed by atoms with van der Waals surface area (Å²) in [5.74, 6) is -0.492. The van der Waals surface area contributed by atoms with E-state index in [1.807, 2.05) is 13.0 Å². The minimum Gasteiger partial charge on any atom is -0.466 e. The topological polar surface area (TPSA) is 73.2 Å². The minimum absolute atomic E-state index is 0.118. The van der Waals surface area contributed by atoms with Crippen LogP contribution in [0.25, 0.3) is 0 Å². The first-order valence-corrected chi connectivity index (χ1v) is 15.0. The number of amides is 1. The van der Waals surface area contributed by atoms with Gasteiger partial charge >= 0.3 is 5.97 Å². The molecular formula is C32H40FN3O3. The number of allylic oxidation sites excluding steroid dienone is 1. The molecule has 6 nitrogen and oxygen atoms in total. The Hall–Kier alpha value is -2.96. The van der Waals surface area contributed by atoms with Gasteiger partial charge in [-0.3, -0.25) is 14.3 Å². The molecule has 208 valence electrons. The summed E-state index contributed by atoms with van der Waals surface area (Å²) in [6.45, 7) is 2.16. The number of carbonyl (C=O) groups is 2. The Balaban J connectivity index is 1.34. The summed E-state index contributed by atoms with van der Waals surface area (Å²) >= 11 is 0. The quantitative estimate of drug-likeness (QED) is 0.267. The molecule has 1 aromatic carbocycles. The van der Waals surface area contributed by atoms with E-state index >= 15 is 0 Å². The van der Waals surface area contributed by atoms with Crippen LogP contribution in [-0.2, 0) is 22.4 Å². The molecule has 5 atom stereocenters. The van der Waals surface area contributed by atoms with E-state index in [1.54, 1.807) is 12.1 Å². The van der Waals surface area contributed by atoms with Gasteiger partial charge in [0.05, 0.1) is 18.6 Å². The van der Waals surface area contributed by atoms with E-state index < -0.39 is 0 Å². The smallest absolute Gasteiger partial charge is 0.311 e. The van der Waals surface area contributed by atoms with E-state index in [1.165, 1.54) is 31.0 Å². The fraction of sp³-hybridized carbons (Fsp3) is 0.594. The first-order valence-electron chi connectivity index (χ1n) is 15.0. The van der Waals surface area contributed by atoms with Gasteiger partial charge in [0.2, 0.25) is 0 Å². The zero-order valence-electron chi connectivity index (χ0n) is 22.9. The van der Waals surface area contributed by atoms with Gasteiger partial charge in [-0.25, -0.2) is 4.39 Å². The molecule has 1 amide bonds. The van der Waals surface area contributed by atoms with Gasteiger partial charge in [-0.2, -0.15) is 5.10 Å². The lowest BCUT2D eigenvalue weighted by atomic mass is 9.88. The fourth-order valence-corrected chi connectivity index (χ4v) is 7.72. The van der Waals surface area contributed by atoms with Gasteiger partial charge in [-0.05, 0) is 81.4 Å². The highest BCUT2D eigenvalue weighted by atomic mass is 19.1. The van der Waals surface area contributed by atoms with Crippen LogP contribution in [0.4, 0.5) is 4.39 Å². The number of halogens is 1. The predicted octanol–water partition coefficient (Wildman–Crippen LogP) is 6.06. The van der Waals surface area contributed by atoms with Crippen molar-refractivity contribution >= 4 is 11.9 Å². The van der Waals surface area contributed by atoms with Crippen LogP contribution in [0.1, 0.15) is 104 Å². The molecule has 39 heavy (non-hydrogen) atoms. The highest BCUT2D eigenvalue weighted by molar-refractivity contribution is 5.95. The molecule has 2 aromatic rings. The fourth-order valence-electron chi connectivity index (χ4n) is 7.72. The number of fused-ring (bicyclic) bond motifs is 3. The predicted molar refractivity (Wildman–Crippen MR) is 147 cm³/mol. The minimum atomic E-state index is -0.344. The average molecular weight is 534 g/mol. The molecule has 3 unspecified atom stereocenters. The maximum absolute atomic E-state index is 14.1. The molecule has 2 fully saturated rings. The second-order valence-corrected chi connectivity index (χ2v) is 12.0. The Morgan fingerprint density at radius 2 is 1.87 bits per heavy atom. The number of aromatic nitrogens is 2. The zero-order chi connectivity index (χ0) is 26.9. The van der Waals surface area contributed by atoms with Gasteiger partial charge in [-0.1, -0.05) is 50.0 Å². The van der Waals surface area contributed by atoms with E-state index in [4.69, 9.17) is 9.84 Å². The SMILES string of the molecule is CCOC(=O)[C@H]1C2C=CC(C2)[C@H]1NC(=O)c1nn(C2CCCCC2)c2c1CCCCC2Cc1cccc(F)c1. The van der Waals surface area contributed by atoms with Gasteiger partial charge in [-0.15, -0.1) is 0 Å². The van der Waals surface area contributed by atoms with Crippen LogP contribution in [0.2, 0.25) is 0 Å². The molecule has 7 heteroatoms. The molecule has 0 radical (unpaired) electrons. The molecule has 4 aliphatic rings. The number of carbonyl (C=O) groups excluding carboxylic acids is 2. The van der Waals surface area contributed by atoms with Crippen LogP contribution >= 0.6 is 0 Å². The van der Waals surface area contributed by atoms with Gasteiger partial charge in [0, 0.05) is 23.2 Å². The number of benzene rings is 1. The summed E-state index contributed by atoms with van der Waals surface area (Å²) in [7, 11) is 0. The molecule has 0 saturated heterocycles. The van der Waals surface area contributed by atoms with Crippen molar-refractivity contribution in [3.63, 3.8) is 0 Å². The van der Waals surface area contributed by atoms with Crippen LogP contribution in [0.15, 0.2) is 36.4 Å². The van der Waals surface area contributed by atoms with Crippen molar-refractivity contribution in [3.05, 3.63) is 64.7 Å². The second-order valence-electron chi connectivity index (χ2n) is 12.0. The van der Waals surface area contributed by atoms with Gasteiger partial charge in [0.15, 0.2) is 5.69 Å². The van der Waals surface area contributed by atoms with Crippen molar-refractivity contribution in [2.24, 2.45) is 17.8 Å². The molecule has 4 aliphatic carbocycles. The lowest BCUT2D eigenvalue weighted by molar-refractivity contribution is -0.149. The van der Waals surface area contributed by atoms with Gasteiger partial charge < -0.3 is 10.1 Å². The zero-order valence-corrected chi connectivity index (χ0v) is 22.9. The molecule has 2 saturated carbocycles.